The van der Waals surface area contributed by atoms with Crippen molar-refractivity contribution in [2.45, 2.75) is 50.5 Å². The van der Waals surface area contributed by atoms with E-state index in [4.69, 9.17) is 10.5 Å². The van der Waals surface area contributed by atoms with Gasteiger partial charge in [-0.15, -0.1) is 0 Å². The van der Waals surface area contributed by atoms with Gasteiger partial charge in [0.25, 0.3) is 5.91 Å². The van der Waals surface area contributed by atoms with Gasteiger partial charge < -0.3 is 15.8 Å². The molecule has 6 nitrogen and oxygen atoms in total. The number of amides is 2. The topological polar surface area (TPSA) is 94.3 Å². The van der Waals surface area contributed by atoms with Gasteiger partial charge in [-0.25, -0.2) is 4.39 Å². The zero-order valence-corrected chi connectivity index (χ0v) is 14.4. The molecule has 2 aliphatic carbocycles. The molecule has 2 fully saturated rings. The van der Waals surface area contributed by atoms with Crippen LogP contribution in [0.4, 0.5) is 4.39 Å². The molecule has 2 aliphatic rings. The molecule has 1 atom stereocenters. The zero-order valence-electron chi connectivity index (χ0n) is 14.4. The molecular weight excluding hydrogens is 325 g/mol. The van der Waals surface area contributed by atoms with Crippen LogP contribution in [0.25, 0.3) is 0 Å². The number of ether oxygens (including phenoxy) is 1. The minimum Gasteiger partial charge on any atom is -0.490 e. The third kappa shape index (κ3) is 4.27. The predicted molar refractivity (Wildman–Crippen MR) is 90.1 cm³/mol. The summed E-state index contributed by atoms with van der Waals surface area (Å²) in [7, 11) is 0. The first-order valence-electron chi connectivity index (χ1n) is 8.72. The number of alkyl halides is 1. The molecule has 7 heteroatoms. The summed E-state index contributed by atoms with van der Waals surface area (Å²) in [6.07, 6.45) is 5.76. The number of primary amides is 1. The molecule has 0 bridgehead atoms. The Kier molecular flexibility index (Phi) is 4.92. The number of nitrogens with one attached hydrogen (secondary N) is 1. The first-order chi connectivity index (χ1) is 11.9. The van der Waals surface area contributed by atoms with E-state index in [9.17, 15) is 14.0 Å². The van der Waals surface area contributed by atoms with E-state index >= 15 is 0 Å². The molecule has 136 valence electrons. The van der Waals surface area contributed by atoms with Gasteiger partial charge in [-0.2, -0.15) is 0 Å². The number of rotatable bonds is 9. The highest BCUT2D eigenvalue weighted by Gasteiger charge is 2.44. The summed E-state index contributed by atoms with van der Waals surface area (Å²) >= 11 is 0. The van der Waals surface area contributed by atoms with Crippen LogP contribution in [0.5, 0.6) is 5.75 Å². The number of aromatic nitrogens is 1. The van der Waals surface area contributed by atoms with Gasteiger partial charge in [0.15, 0.2) is 0 Å². The third-order valence-corrected chi connectivity index (χ3v) is 4.90. The Morgan fingerprint density at radius 1 is 1.40 bits per heavy atom. The van der Waals surface area contributed by atoms with E-state index in [1.54, 1.807) is 12.3 Å². The van der Waals surface area contributed by atoms with Crippen molar-refractivity contribution in [3.05, 3.63) is 23.5 Å². The van der Waals surface area contributed by atoms with Gasteiger partial charge in [0, 0.05) is 29.8 Å². The smallest absolute Gasteiger partial charge is 0.270 e. The number of hydrogen-bond acceptors (Lipinski definition) is 4. The van der Waals surface area contributed by atoms with Crippen LogP contribution in [0, 0.1) is 5.92 Å². The highest BCUT2D eigenvalue weighted by Crippen LogP contribution is 2.44. The fourth-order valence-corrected chi connectivity index (χ4v) is 3.24. The summed E-state index contributed by atoms with van der Waals surface area (Å²) in [6, 6.07) is 1.57. The molecule has 2 saturated carbocycles. The van der Waals surface area contributed by atoms with E-state index < -0.39 is 18.1 Å². The highest BCUT2D eigenvalue weighted by molar-refractivity contribution is 5.93. The molecule has 3 rings (SSSR count). The van der Waals surface area contributed by atoms with Crippen LogP contribution in [-0.2, 0) is 4.79 Å². The quantitative estimate of drug-likeness (QED) is 0.714. The van der Waals surface area contributed by atoms with Crippen LogP contribution in [0.3, 0.4) is 0 Å². The minimum absolute atomic E-state index is 0.0493. The van der Waals surface area contributed by atoms with Crippen molar-refractivity contribution in [2.24, 2.45) is 11.7 Å². The van der Waals surface area contributed by atoms with E-state index in [0.29, 0.717) is 11.7 Å². The molecule has 0 spiro atoms. The van der Waals surface area contributed by atoms with Crippen LogP contribution in [0.2, 0.25) is 0 Å². The summed E-state index contributed by atoms with van der Waals surface area (Å²) in [6.45, 7) is 1.20. The molecular formula is C18H24FN3O3. The van der Waals surface area contributed by atoms with Gasteiger partial charge in [-0.05, 0) is 44.4 Å². The summed E-state index contributed by atoms with van der Waals surface area (Å²) < 4.78 is 17.9. The molecule has 25 heavy (non-hydrogen) atoms. The molecule has 0 radical (unpaired) electrons. The number of carbonyl (C=O) groups is 2. The number of pyridine rings is 1. The van der Waals surface area contributed by atoms with Gasteiger partial charge >= 0.3 is 0 Å². The second-order valence-corrected chi connectivity index (χ2v) is 7.21. The van der Waals surface area contributed by atoms with E-state index in [2.05, 4.69) is 10.3 Å². The van der Waals surface area contributed by atoms with E-state index in [-0.39, 0.29) is 30.5 Å². The SMILES string of the molecule is CC(CC(N)=O)(NC(=O)c1cc(OCCF)c(C2CC2)cn1)C1CC1. The number of halogens is 1. The summed E-state index contributed by atoms with van der Waals surface area (Å²) in [5, 5.41) is 2.92. The molecule has 1 aromatic rings. The van der Waals surface area contributed by atoms with Crippen LogP contribution in [0.15, 0.2) is 12.3 Å². The standard InChI is InChI=1S/C18H24FN3O3/c1-18(9-16(20)23,12-4-5-12)22-17(24)14-8-15(25-7-6-19)13(10-21-14)11-2-3-11/h8,10-12H,2-7,9H2,1H3,(H2,20,23)(H,22,24). The van der Waals surface area contributed by atoms with E-state index in [1.165, 1.54) is 0 Å². The van der Waals surface area contributed by atoms with Crippen LogP contribution in [0.1, 0.15) is 61.0 Å². The second kappa shape index (κ2) is 6.98. The third-order valence-electron chi connectivity index (χ3n) is 4.90. The molecule has 0 aromatic carbocycles. The van der Waals surface area contributed by atoms with Gasteiger partial charge in [0.05, 0.1) is 0 Å². The Balaban J connectivity index is 1.77. The molecule has 0 aliphatic heterocycles. The normalized spacial score (nSPS) is 19.1. The lowest BCUT2D eigenvalue weighted by molar-refractivity contribution is -0.119. The van der Waals surface area contributed by atoms with Crippen molar-refractivity contribution in [3.8, 4) is 5.75 Å². The summed E-state index contributed by atoms with van der Waals surface area (Å²) in [5.74, 6) is 0.327. The Morgan fingerprint density at radius 3 is 2.68 bits per heavy atom. The predicted octanol–water partition coefficient (Wildman–Crippen LogP) is 2.08. The van der Waals surface area contributed by atoms with Crippen molar-refractivity contribution >= 4 is 11.8 Å². The fourth-order valence-electron chi connectivity index (χ4n) is 3.24. The maximum Gasteiger partial charge on any atom is 0.270 e. The monoisotopic (exact) mass is 349 g/mol. The lowest BCUT2D eigenvalue weighted by Gasteiger charge is -2.29. The average molecular weight is 349 g/mol. The molecule has 1 unspecified atom stereocenters. The van der Waals surface area contributed by atoms with Gasteiger partial charge in [0.1, 0.15) is 24.7 Å². The van der Waals surface area contributed by atoms with Crippen molar-refractivity contribution < 1.29 is 18.7 Å². The Morgan fingerprint density at radius 2 is 2.12 bits per heavy atom. The van der Waals surface area contributed by atoms with Crippen molar-refractivity contribution in [1.82, 2.24) is 10.3 Å². The van der Waals surface area contributed by atoms with Crippen molar-refractivity contribution in [3.63, 3.8) is 0 Å². The summed E-state index contributed by atoms with van der Waals surface area (Å²) in [4.78, 5) is 28.3. The van der Waals surface area contributed by atoms with E-state index in [1.807, 2.05) is 6.92 Å². The largest absolute Gasteiger partial charge is 0.490 e. The molecule has 1 aromatic heterocycles. The number of hydrogen-bond donors (Lipinski definition) is 2. The Hall–Kier alpha value is -2.18. The Bertz CT molecular complexity index is 674. The van der Waals surface area contributed by atoms with E-state index in [0.717, 1.165) is 31.2 Å². The first kappa shape index (κ1) is 17.6. The van der Waals surface area contributed by atoms with Crippen molar-refractivity contribution in [1.29, 1.82) is 0 Å². The average Bonchev–Trinajstić information content (AvgIpc) is 3.43. The van der Waals surface area contributed by atoms with Crippen LogP contribution >= 0.6 is 0 Å². The second-order valence-electron chi connectivity index (χ2n) is 7.21. The molecule has 3 N–H and O–H groups in total. The maximum absolute atomic E-state index is 12.6. The van der Waals surface area contributed by atoms with Gasteiger partial charge in [-0.3, -0.25) is 14.6 Å². The fraction of sp³-hybridized carbons (Fsp3) is 0.611. The molecule has 2 amide bonds. The number of carbonyl (C=O) groups excluding carboxylic acids is 2. The van der Waals surface area contributed by atoms with Crippen molar-refractivity contribution in [2.75, 3.05) is 13.3 Å². The zero-order chi connectivity index (χ0) is 18.0. The van der Waals surface area contributed by atoms with Crippen LogP contribution in [-0.4, -0.2) is 35.6 Å². The van der Waals surface area contributed by atoms with Gasteiger partial charge in [0.2, 0.25) is 5.91 Å². The lowest BCUT2D eigenvalue weighted by atomic mass is 9.91. The first-order valence-corrected chi connectivity index (χ1v) is 8.72. The lowest BCUT2D eigenvalue weighted by Crippen LogP contribution is -2.50. The molecule has 1 heterocycles. The van der Waals surface area contributed by atoms with Crippen LogP contribution < -0.4 is 15.8 Å². The maximum atomic E-state index is 12.6. The number of nitrogens with zero attached hydrogens (tertiary/aromatic N) is 1. The minimum atomic E-state index is -0.667. The number of nitrogens with two attached hydrogens (primary N) is 1. The van der Waals surface area contributed by atoms with Gasteiger partial charge in [-0.1, -0.05) is 0 Å². The summed E-state index contributed by atoms with van der Waals surface area (Å²) in [5.41, 5.74) is 5.80. The molecule has 0 saturated heterocycles. The Labute approximate surface area is 146 Å². The highest BCUT2D eigenvalue weighted by atomic mass is 19.1.